The topological polar surface area (TPSA) is 67.4 Å². The first-order valence-electron chi connectivity index (χ1n) is 6.92. The molecule has 0 aliphatic rings. The van der Waals surface area contributed by atoms with Crippen LogP contribution in [0.2, 0.25) is 5.02 Å². The Kier molecular flexibility index (Phi) is 7.02. The first-order valence-corrected chi connectivity index (χ1v) is 7.30. The average molecular weight is 313 g/mol. The van der Waals surface area contributed by atoms with Crippen molar-refractivity contribution in [2.45, 2.75) is 33.2 Å². The highest BCUT2D eigenvalue weighted by atomic mass is 35.5. The van der Waals surface area contributed by atoms with E-state index in [1.807, 2.05) is 13.8 Å². The minimum atomic E-state index is -0.655. The van der Waals surface area contributed by atoms with Crippen LogP contribution in [0.25, 0.3) is 0 Å². The zero-order chi connectivity index (χ0) is 15.8. The normalized spacial score (nSPS) is 11.9. The summed E-state index contributed by atoms with van der Waals surface area (Å²) in [5.41, 5.74) is 0.601. The van der Waals surface area contributed by atoms with Gasteiger partial charge in [-0.3, -0.25) is 0 Å². The van der Waals surface area contributed by atoms with Gasteiger partial charge in [0.1, 0.15) is 6.04 Å². The SMILES string of the molecule is CCOC(=O)C(CC(C)C)NC(=O)Nc1ccc(Cl)cc1. The van der Waals surface area contributed by atoms with Gasteiger partial charge in [0, 0.05) is 10.7 Å². The van der Waals surface area contributed by atoms with Crippen LogP contribution in [0.4, 0.5) is 10.5 Å². The zero-order valence-corrected chi connectivity index (χ0v) is 13.2. The minimum absolute atomic E-state index is 0.259. The molecule has 0 saturated carbocycles. The number of carbonyl (C=O) groups is 2. The number of halogens is 1. The van der Waals surface area contributed by atoms with Gasteiger partial charge in [-0.25, -0.2) is 9.59 Å². The van der Waals surface area contributed by atoms with E-state index in [1.165, 1.54) is 0 Å². The molecule has 21 heavy (non-hydrogen) atoms. The van der Waals surface area contributed by atoms with Gasteiger partial charge in [-0.05, 0) is 43.5 Å². The lowest BCUT2D eigenvalue weighted by Crippen LogP contribution is -2.44. The lowest BCUT2D eigenvalue weighted by Gasteiger charge is -2.19. The van der Waals surface area contributed by atoms with Gasteiger partial charge >= 0.3 is 12.0 Å². The molecule has 0 heterocycles. The Morgan fingerprint density at radius 1 is 1.24 bits per heavy atom. The maximum atomic E-state index is 11.9. The van der Waals surface area contributed by atoms with Gasteiger partial charge in [0.05, 0.1) is 6.61 Å². The molecule has 1 unspecified atom stereocenters. The van der Waals surface area contributed by atoms with E-state index in [9.17, 15) is 9.59 Å². The second-order valence-electron chi connectivity index (χ2n) is 5.04. The smallest absolute Gasteiger partial charge is 0.328 e. The summed E-state index contributed by atoms with van der Waals surface area (Å²) in [5.74, 6) is -0.160. The number of benzene rings is 1. The fourth-order valence-corrected chi connectivity index (χ4v) is 1.91. The van der Waals surface area contributed by atoms with E-state index in [4.69, 9.17) is 16.3 Å². The fraction of sp³-hybridized carbons (Fsp3) is 0.467. The van der Waals surface area contributed by atoms with Gasteiger partial charge in [0.15, 0.2) is 0 Å². The van der Waals surface area contributed by atoms with Gasteiger partial charge in [0.25, 0.3) is 0 Å². The predicted molar refractivity (Wildman–Crippen MR) is 83.5 cm³/mol. The molecule has 0 aliphatic heterocycles. The molecule has 6 heteroatoms. The fourth-order valence-electron chi connectivity index (χ4n) is 1.79. The minimum Gasteiger partial charge on any atom is -0.464 e. The van der Waals surface area contributed by atoms with Crippen molar-refractivity contribution >= 4 is 29.3 Å². The van der Waals surface area contributed by atoms with E-state index in [2.05, 4.69) is 10.6 Å². The summed E-state index contributed by atoms with van der Waals surface area (Å²) in [6.45, 7) is 5.97. The standard InChI is InChI=1S/C15H21ClN2O3/c1-4-21-14(19)13(9-10(2)3)18-15(20)17-12-7-5-11(16)6-8-12/h5-8,10,13H,4,9H2,1-3H3,(H2,17,18,20). The number of esters is 1. The molecule has 1 rings (SSSR count). The van der Waals surface area contributed by atoms with Gasteiger partial charge < -0.3 is 15.4 Å². The number of hydrogen-bond donors (Lipinski definition) is 2. The summed E-state index contributed by atoms with van der Waals surface area (Å²) in [6.07, 6.45) is 0.521. The highest BCUT2D eigenvalue weighted by Crippen LogP contribution is 2.13. The Morgan fingerprint density at radius 3 is 2.38 bits per heavy atom. The highest BCUT2D eigenvalue weighted by Gasteiger charge is 2.23. The zero-order valence-electron chi connectivity index (χ0n) is 12.5. The number of urea groups is 1. The van der Waals surface area contributed by atoms with Crippen LogP contribution >= 0.6 is 11.6 Å². The number of anilines is 1. The van der Waals surface area contributed by atoms with Crippen LogP contribution in [0.3, 0.4) is 0 Å². The number of rotatable bonds is 6. The summed E-state index contributed by atoms with van der Waals surface area (Å²) in [5, 5.41) is 5.88. The van der Waals surface area contributed by atoms with E-state index in [1.54, 1.807) is 31.2 Å². The second-order valence-corrected chi connectivity index (χ2v) is 5.48. The molecule has 0 radical (unpaired) electrons. The molecule has 1 atom stereocenters. The third kappa shape index (κ3) is 6.49. The van der Waals surface area contributed by atoms with Crippen molar-refractivity contribution in [1.82, 2.24) is 5.32 Å². The maximum absolute atomic E-state index is 11.9. The Hall–Kier alpha value is -1.75. The summed E-state index contributed by atoms with van der Waals surface area (Å²) in [7, 11) is 0. The molecule has 2 N–H and O–H groups in total. The third-order valence-electron chi connectivity index (χ3n) is 2.69. The third-order valence-corrected chi connectivity index (χ3v) is 2.94. The monoisotopic (exact) mass is 312 g/mol. The molecule has 1 aromatic rings. The van der Waals surface area contributed by atoms with Crippen LogP contribution in [-0.4, -0.2) is 24.6 Å². The lowest BCUT2D eigenvalue weighted by atomic mass is 10.0. The van der Waals surface area contributed by atoms with E-state index in [0.29, 0.717) is 17.1 Å². The Labute approximate surface area is 130 Å². The summed E-state index contributed by atoms with van der Waals surface area (Å²) in [6, 6.07) is 5.61. The highest BCUT2D eigenvalue weighted by molar-refractivity contribution is 6.30. The Bertz CT molecular complexity index is 474. The molecule has 2 amide bonds. The molecular weight excluding hydrogens is 292 g/mol. The van der Waals surface area contributed by atoms with Crippen molar-refractivity contribution in [2.75, 3.05) is 11.9 Å². The van der Waals surface area contributed by atoms with Crippen molar-refractivity contribution in [3.8, 4) is 0 Å². The van der Waals surface area contributed by atoms with Crippen molar-refractivity contribution < 1.29 is 14.3 Å². The van der Waals surface area contributed by atoms with Crippen LogP contribution in [0.15, 0.2) is 24.3 Å². The number of amides is 2. The number of hydrogen-bond acceptors (Lipinski definition) is 3. The molecular formula is C15H21ClN2O3. The Morgan fingerprint density at radius 2 is 1.86 bits per heavy atom. The van der Waals surface area contributed by atoms with E-state index in [0.717, 1.165) is 0 Å². The van der Waals surface area contributed by atoms with E-state index in [-0.39, 0.29) is 12.5 Å². The van der Waals surface area contributed by atoms with Crippen LogP contribution in [0.5, 0.6) is 0 Å². The molecule has 0 saturated heterocycles. The van der Waals surface area contributed by atoms with E-state index < -0.39 is 18.0 Å². The van der Waals surface area contributed by atoms with Crippen molar-refractivity contribution in [1.29, 1.82) is 0 Å². The molecule has 0 aliphatic carbocycles. The van der Waals surface area contributed by atoms with Crippen molar-refractivity contribution in [3.63, 3.8) is 0 Å². The molecule has 0 fully saturated rings. The van der Waals surface area contributed by atoms with Crippen molar-refractivity contribution in [3.05, 3.63) is 29.3 Å². The largest absolute Gasteiger partial charge is 0.464 e. The molecule has 0 bridgehead atoms. The summed E-state index contributed by atoms with van der Waals surface area (Å²) < 4.78 is 4.97. The maximum Gasteiger partial charge on any atom is 0.328 e. The quantitative estimate of drug-likeness (QED) is 0.791. The van der Waals surface area contributed by atoms with E-state index >= 15 is 0 Å². The molecule has 0 aromatic heterocycles. The van der Waals surface area contributed by atoms with Gasteiger partial charge in [-0.15, -0.1) is 0 Å². The number of ether oxygens (including phenoxy) is 1. The summed E-state index contributed by atoms with van der Waals surface area (Å²) >= 11 is 5.78. The molecule has 116 valence electrons. The predicted octanol–water partition coefficient (Wildman–Crippen LogP) is 3.44. The summed E-state index contributed by atoms with van der Waals surface area (Å²) in [4.78, 5) is 23.8. The lowest BCUT2D eigenvalue weighted by molar-refractivity contribution is -0.145. The average Bonchev–Trinajstić information content (AvgIpc) is 2.40. The number of nitrogens with one attached hydrogen (secondary N) is 2. The molecule has 5 nitrogen and oxygen atoms in total. The Balaban J connectivity index is 2.62. The van der Waals surface area contributed by atoms with Crippen LogP contribution in [-0.2, 0) is 9.53 Å². The van der Waals surface area contributed by atoms with Gasteiger partial charge in [-0.1, -0.05) is 25.4 Å². The first-order chi connectivity index (χ1) is 9.92. The second kappa shape index (κ2) is 8.52. The van der Waals surface area contributed by atoms with Crippen LogP contribution in [0, 0.1) is 5.92 Å². The van der Waals surface area contributed by atoms with Gasteiger partial charge in [-0.2, -0.15) is 0 Å². The van der Waals surface area contributed by atoms with Crippen molar-refractivity contribution in [2.24, 2.45) is 5.92 Å². The van der Waals surface area contributed by atoms with Crippen LogP contribution in [0.1, 0.15) is 27.2 Å². The van der Waals surface area contributed by atoms with Crippen LogP contribution < -0.4 is 10.6 Å². The van der Waals surface area contributed by atoms with Gasteiger partial charge in [0.2, 0.25) is 0 Å². The number of carbonyl (C=O) groups excluding carboxylic acids is 2. The molecule has 1 aromatic carbocycles. The molecule has 0 spiro atoms. The first kappa shape index (κ1) is 17.3.